The lowest BCUT2D eigenvalue weighted by Gasteiger charge is -2.16. The van der Waals surface area contributed by atoms with Gasteiger partial charge in [-0.15, -0.1) is 0 Å². The monoisotopic (exact) mass is 253 g/mol. The Bertz CT molecular complexity index is 471. The molecule has 0 radical (unpaired) electrons. The van der Waals surface area contributed by atoms with E-state index in [-0.39, 0.29) is 11.3 Å². The quantitative estimate of drug-likeness (QED) is 0.477. The van der Waals surface area contributed by atoms with Gasteiger partial charge in [-0.25, -0.2) is 14.9 Å². The number of esters is 1. The Morgan fingerprint density at radius 1 is 1.33 bits per heavy atom. The van der Waals surface area contributed by atoms with Gasteiger partial charge in [0.15, 0.2) is 5.03 Å². The highest BCUT2D eigenvalue weighted by Gasteiger charge is 2.16. The van der Waals surface area contributed by atoms with E-state index in [9.17, 15) is 19.7 Å². The zero-order valence-electron chi connectivity index (χ0n) is 9.75. The number of amides is 1. The predicted octanol–water partition coefficient (Wildman–Crippen LogP) is 0.522. The summed E-state index contributed by atoms with van der Waals surface area (Å²) in [6, 6.07) is 5.59. The van der Waals surface area contributed by atoms with Gasteiger partial charge in [-0.3, -0.25) is 4.79 Å². The number of methoxy groups -OCH3 is 1. The highest BCUT2D eigenvalue weighted by Crippen LogP contribution is 2.14. The van der Waals surface area contributed by atoms with Crippen molar-refractivity contribution in [3.05, 3.63) is 39.9 Å². The molecule has 0 bridgehead atoms. The molecule has 0 aliphatic heterocycles. The molecule has 0 spiro atoms. The third kappa shape index (κ3) is 3.17. The van der Waals surface area contributed by atoms with Gasteiger partial charge < -0.3 is 4.74 Å². The van der Waals surface area contributed by atoms with E-state index in [1.807, 2.05) is 0 Å². The fraction of sp³-hybridized carbons (Fsp3) is 0.200. The molecule has 0 heterocycles. The number of anilines is 1. The summed E-state index contributed by atoms with van der Waals surface area (Å²) in [5.74, 6) is -1.09. The van der Waals surface area contributed by atoms with E-state index in [0.29, 0.717) is 0 Å². The van der Waals surface area contributed by atoms with Crippen molar-refractivity contribution < 1.29 is 19.4 Å². The standard InChI is InChI=1S/C10H11N3O5/c1-7(14)12(11-13(16)17)9-5-3-8(4-6-9)10(15)18-2/h3-6,11H,1-2H3. The molecular weight excluding hydrogens is 242 g/mol. The molecule has 0 aromatic heterocycles. The number of hydrogen-bond acceptors (Lipinski definition) is 5. The summed E-state index contributed by atoms with van der Waals surface area (Å²) in [5.41, 5.74) is 2.27. The zero-order valence-corrected chi connectivity index (χ0v) is 9.75. The molecule has 1 rings (SSSR count). The minimum Gasteiger partial charge on any atom is -0.465 e. The zero-order chi connectivity index (χ0) is 13.7. The SMILES string of the molecule is COC(=O)c1ccc(N(N[N+](=O)[O-])C(C)=O)cc1. The van der Waals surface area contributed by atoms with Crippen LogP contribution in [0.3, 0.4) is 0 Å². The molecule has 0 saturated heterocycles. The molecule has 8 nitrogen and oxygen atoms in total. The van der Waals surface area contributed by atoms with Crippen molar-refractivity contribution in [2.75, 3.05) is 12.1 Å². The Morgan fingerprint density at radius 2 is 1.89 bits per heavy atom. The summed E-state index contributed by atoms with van der Waals surface area (Å²) in [6.07, 6.45) is 0. The molecule has 96 valence electrons. The first kappa shape index (κ1) is 13.4. The number of nitro groups is 1. The van der Waals surface area contributed by atoms with E-state index in [0.717, 1.165) is 5.01 Å². The number of benzene rings is 1. The second-order valence-electron chi connectivity index (χ2n) is 3.25. The normalized spacial score (nSPS) is 9.44. The van der Waals surface area contributed by atoms with Crippen LogP contribution >= 0.6 is 0 Å². The van der Waals surface area contributed by atoms with Gasteiger partial charge in [0.1, 0.15) is 0 Å². The van der Waals surface area contributed by atoms with Crippen LogP contribution in [-0.2, 0) is 9.53 Å². The highest BCUT2D eigenvalue weighted by molar-refractivity contribution is 5.92. The van der Waals surface area contributed by atoms with E-state index in [4.69, 9.17) is 0 Å². The molecule has 18 heavy (non-hydrogen) atoms. The first-order chi connectivity index (χ1) is 8.45. The fourth-order valence-corrected chi connectivity index (χ4v) is 1.26. The summed E-state index contributed by atoms with van der Waals surface area (Å²) in [5, 5.41) is 10.2. The highest BCUT2D eigenvalue weighted by atomic mass is 16.7. The first-order valence-corrected chi connectivity index (χ1v) is 4.85. The Labute approximate surface area is 102 Å². The van der Waals surface area contributed by atoms with Crippen LogP contribution < -0.4 is 10.5 Å². The lowest BCUT2D eigenvalue weighted by atomic mass is 10.2. The van der Waals surface area contributed by atoms with Crippen LogP contribution in [0.4, 0.5) is 5.69 Å². The van der Waals surface area contributed by atoms with Gasteiger partial charge in [0.25, 0.3) is 0 Å². The predicted molar refractivity (Wildman–Crippen MR) is 61.1 cm³/mol. The molecule has 1 amide bonds. The van der Waals surface area contributed by atoms with Crippen molar-refractivity contribution >= 4 is 17.6 Å². The van der Waals surface area contributed by atoms with E-state index in [1.165, 1.54) is 38.3 Å². The van der Waals surface area contributed by atoms with E-state index < -0.39 is 16.9 Å². The first-order valence-electron chi connectivity index (χ1n) is 4.85. The topological polar surface area (TPSA) is 102 Å². The van der Waals surface area contributed by atoms with E-state index >= 15 is 0 Å². The Balaban J connectivity index is 2.97. The Morgan fingerprint density at radius 3 is 2.28 bits per heavy atom. The summed E-state index contributed by atoms with van der Waals surface area (Å²) >= 11 is 0. The molecule has 0 saturated carbocycles. The lowest BCUT2D eigenvalue weighted by Crippen LogP contribution is -2.45. The molecule has 1 aromatic rings. The van der Waals surface area contributed by atoms with Gasteiger partial charge in [0, 0.05) is 6.92 Å². The maximum atomic E-state index is 11.2. The molecule has 1 N–H and O–H groups in total. The van der Waals surface area contributed by atoms with Gasteiger partial charge in [0.2, 0.25) is 5.91 Å². The number of carbonyl (C=O) groups excluding carboxylic acids is 2. The minimum atomic E-state index is -0.852. The van der Waals surface area contributed by atoms with Crippen LogP contribution in [0.15, 0.2) is 24.3 Å². The number of nitrogens with one attached hydrogen (secondary N) is 1. The summed E-state index contributed by atoms with van der Waals surface area (Å²) in [4.78, 5) is 32.7. The average molecular weight is 253 g/mol. The number of hydrazine groups is 2. The van der Waals surface area contributed by atoms with Crippen molar-refractivity contribution in [3.8, 4) is 0 Å². The third-order valence-corrected chi connectivity index (χ3v) is 2.04. The van der Waals surface area contributed by atoms with E-state index in [2.05, 4.69) is 4.74 Å². The smallest absolute Gasteiger partial charge is 0.337 e. The number of hydrogen-bond donors (Lipinski definition) is 1. The van der Waals surface area contributed by atoms with Crippen LogP contribution in [0.1, 0.15) is 17.3 Å². The average Bonchev–Trinajstić information content (AvgIpc) is 2.34. The van der Waals surface area contributed by atoms with Crippen LogP contribution in [0.5, 0.6) is 0 Å². The summed E-state index contributed by atoms with van der Waals surface area (Å²) < 4.78 is 4.51. The number of rotatable bonds is 4. The van der Waals surface area contributed by atoms with Crippen molar-refractivity contribution in [2.24, 2.45) is 0 Å². The van der Waals surface area contributed by atoms with E-state index in [1.54, 1.807) is 5.53 Å². The van der Waals surface area contributed by atoms with Crippen molar-refractivity contribution in [3.63, 3.8) is 0 Å². The molecule has 0 aliphatic carbocycles. The second kappa shape index (κ2) is 5.62. The second-order valence-corrected chi connectivity index (χ2v) is 3.25. The Hall–Kier alpha value is -2.64. The molecule has 0 atom stereocenters. The summed E-state index contributed by atoms with van der Waals surface area (Å²) in [7, 11) is 1.24. The lowest BCUT2D eigenvalue weighted by molar-refractivity contribution is -0.544. The van der Waals surface area contributed by atoms with Gasteiger partial charge >= 0.3 is 5.97 Å². The summed E-state index contributed by atoms with van der Waals surface area (Å²) in [6.45, 7) is 1.17. The van der Waals surface area contributed by atoms with Gasteiger partial charge in [-0.05, 0) is 29.8 Å². The maximum Gasteiger partial charge on any atom is 0.337 e. The molecular formula is C10H11N3O5. The molecule has 0 fully saturated rings. The molecule has 0 unspecified atom stereocenters. The maximum absolute atomic E-state index is 11.2. The minimum absolute atomic E-state index is 0.242. The van der Waals surface area contributed by atoms with Crippen molar-refractivity contribution in [1.82, 2.24) is 5.53 Å². The van der Waals surface area contributed by atoms with Crippen molar-refractivity contribution in [2.45, 2.75) is 6.92 Å². The molecule has 1 aromatic carbocycles. The fourth-order valence-electron chi connectivity index (χ4n) is 1.26. The van der Waals surface area contributed by atoms with Crippen LogP contribution in [0.2, 0.25) is 0 Å². The van der Waals surface area contributed by atoms with Crippen LogP contribution in [-0.4, -0.2) is 24.0 Å². The number of ether oxygens (including phenoxy) is 1. The third-order valence-electron chi connectivity index (χ3n) is 2.04. The molecule has 0 aliphatic rings. The van der Waals surface area contributed by atoms with Crippen LogP contribution in [0.25, 0.3) is 0 Å². The number of nitrogens with zero attached hydrogens (tertiary/aromatic N) is 2. The van der Waals surface area contributed by atoms with Gasteiger partial charge in [-0.2, -0.15) is 5.01 Å². The largest absolute Gasteiger partial charge is 0.465 e. The van der Waals surface area contributed by atoms with Gasteiger partial charge in [-0.1, -0.05) is 0 Å². The number of carbonyl (C=O) groups is 2. The Kier molecular flexibility index (Phi) is 4.19. The van der Waals surface area contributed by atoms with Crippen molar-refractivity contribution in [1.29, 1.82) is 0 Å². The van der Waals surface area contributed by atoms with Gasteiger partial charge in [0.05, 0.1) is 18.4 Å². The van der Waals surface area contributed by atoms with Crippen LogP contribution in [0, 0.1) is 10.1 Å². The molecule has 8 heteroatoms.